The molecular weight excluding hydrogens is 345 g/mol. The molecule has 5 heteroatoms. The molecule has 2 atom stereocenters. The summed E-state index contributed by atoms with van der Waals surface area (Å²) in [4.78, 5) is 24.0. The molecule has 0 radical (unpaired) electrons. The maximum Gasteiger partial charge on any atom is 0.331 e. The summed E-state index contributed by atoms with van der Waals surface area (Å²) in [6, 6.07) is 15.8. The molecule has 0 spiro atoms. The molecule has 4 nitrogen and oxygen atoms in total. The van der Waals surface area contributed by atoms with Gasteiger partial charge in [0.2, 0.25) is 0 Å². The predicted octanol–water partition coefficient (Wildman–Crippen LogP) is 4.08. The van der Waals surface area contributed by atoms with E-state index in [1.807, 2.05) is 30.3 Å². The summed E-state index contributed by atoms with van der Waals surface area (Å²) in [6.45, 7) is 4.05. The van der Waals surface area contributed by atoms with Gasteiger partial charge in [0.25, 0.3) is 5.91 Å². The Kier molecular flexibility index (Phi) is 7.74. The minimum Gasteiger partial charge on any atom is -0.449 e. The molecule has 0 aliphatic heterocycles. The highest BCUT2D eigenvalue weighted by molar-refractivity contribution is 5.90. The summed E-state index contributed by atoms with van der Waals surface area (Å²) in [5.74, 6) is -1.19. The lowest BCUT2D eigenvalue weighted by Crippen LogP contribution is -2.37. The highest BCUT2D eigenvalue weighted by atomic mass is 19.1. The van der Waals surface area contributed by atoms with Crippen LogP contribution < -0.4 is 5.32 Å². The van der Waals surface area contributed by atoms with Gasteiger partial charge in [-0.1, -0.05) is 49.4 Å². The lowest BCUT2D eigenvalue weighted by Gasteiger charge is -2.18. The fraction of sp³-hybridized carbons (Fsp3) is 0.273. The number of rotatable bonds is 8. The molecule has 0 bridgehead atoms. The van der Waals surface area contributed by atoms with E-state index in [0.29, 0.717) is 12.1 Å². The summed E-state index contributed by atoms with van der Waals surface area (Å²) in [6.07, 6.45) is 2.59. The van der Waals surface area contributed by atoms with Crippen molar-refractivity contribution in [1.82, 2.24) is 5.32 Å². The molecule has 0 unspecified atom stereocenters. The Morgan fingerprint density at radius 1 is 1.15 bits per heavy atom. The van der Waals surface area contributed by atoms with Gasteiger partial charge in [0.15, 0.2) is 6.10 Å². The van der Waals surface area contributed by atoms with E-state index in [1.165, 1.54) is 31.2 Å². The molecule has 0 aliphatic rings. The highest BCUT2D eigenvalue weighted by Gasteiger charge is 2.18. The smallest absolute Gasteiger partial charge is 0.331 e. The molecule has 0 fully saturated rings. The van der Waals surface area contributed by atoms with Crippen molar-refractivity contribution in [2.45, 2.75) is 32.3 Å². The van der Waals surface area contributed by atoms with E-state index < -0.39 is 12.1 Å². The number of benzene rings is 2. The SMILES string of the molecule is CC[C@H](CNC(=O)[C@H](C)OC(=O)/C=C/c1cccc(F)c1)c1ccccc1. The van der Waals surface area contributed by atoms with E-state index in [1.54, 1.807) is 12.1 Å². The fourth-order valence-corrected chi connectivity index (χ4v) is 2.63. The number of halogens is 1. The van der Waals surface area contributed by atoms with Crippen molar-refractivity contribution in [3.8, 4) is 0 Å². The molecule has 0 aliphatic carbocycles. The van der Waals surface area contributed by atoms with Crippen LogP contribution in [0.15, 0.2) is 60.7 Å². The largest absolute Gasteiger partial charge is 0.449 e. The van der Waals surface area contributed by atoms with Crippen LogP contribution in [-0.2, 0) is 14.3 Å². The average Bonchev–Trinajstić information content (AvgIpc) is 2.67. The van der Waals surface area contributed by atoms with Crippen LogP contribution >= 0.6 is 0 Å². The summed E-state index contributed by atoms with van der Waals surface area (Å²) in [5.41, 5.74) is 1.70. The zero-order chi connectivity index (χ0) is 19.6. The lowest BCUT2D eigenvalue weighted by molar-refractivity contribution is -0.150. The van der Waals surface area contributed by atoms with Gasteiger partial charge in [0.05, 0.1) is 0 Å². The number of nitrogens with one attached hydrogen (secondary N) is 1. The molecular formula is C22H24FNO3. The zero-order valence-corrected chi connectivity index (χ0v) is 15.5. The Hall–Kier alpha value is -2.95. The summed E-state index contributed by atoms with van der Waals surface area (Å²) in [5, 5.41) is 2.83. The van der Waals surface area contributed by atoms with E-state index in [2.05, 4.69) is 12.2 Å². The second-order valence-electron chi connectivity index (χ2n) is 6.23. The zero-order valence-electron chi connectivity index (χ0n) is 15.5. The van der Waals surface area contributed by atoms with Crippen molar-refractivity contribution >= 4 is 18.0 Å². The van der Waals surface area contributed by atoms with Crippen molar-refractivity contribution < 1.29 is 18.7 Å². The summed E-state index contributed by atoms with van der Waals surface area (Å²) >= 11 is 0. The lowest BCUT2D eigenvalue weighted by atomic mass is 9.96. The van der Waals surface area contributed by atoms with Crippen molar-refractivity contribution in [1.29, 1.82) is 0 Å². The third-order valence-electron chi connectivity index (χ3n) is 4.21. The summed E-state index contributed by atoms with van der Waals surface area (Å²) < 4.78 is 18.2. The third-order valence-corrected chi connectivity index (χ3v) is 4.21. The van der Waals surface area contributed by atoms with Crippen LogP contribution in [0.25, 0.3) is 6.08 Å². The van der Waals surface area contributed by atoms with E-state index in [0.717, 1.165) is 12.0 Å². The van der Waals surface area contributed by atoms with Crippen LogP contribution in [-0.4, -0.2) is 24.5 Å². The van der Waals surface area contributed by atoms with Gasteiger partial charge in [-0.2, -0.15) is 0 Å². The number of esters is 1. The molecule has 0 heterocycles. The summed E-state index contributed by atoms with van der Waals surface area (Å²) in [7, 11) is 0. The van der Waals surface area contributed by atoms with Crippen LogP contribution in [0.3, 0.4) is 0 Å². The monoisotopic (exact) mass is 369 g/mol. The second kappa shape index (κ2) is 10.3. The first-order valence-electron chi connectivity index (χ1n) is 8.96. The average molecular weight is 369 g/mol. The van der Waals surface area contributed by atoms with Gasteiger partial charge in [-0.05, 0) is 42.7 Å². The maximum atomic E-state index is 13.1. The number of carbonyl (C=O) groups excluding carboxylic acids is 2. The molecule has 1 N–H and O–H groups in total. The molecule has 0 saturated heterocycles. The normalized spacial score (nSPS) is 13.1. The standard InChI is InChI=1S/C22H24FNO3/c1-3-18(19-9-5-4-6-10-19)15-24-22(26)16(2)27-21(25)13-12-17-8-7-11-20(23)14-17/h4-14,16,18H,3,15H2,1-2H3,(H,24,26)/b13-12+/t16-,18+/m0/s1. The van der Waals surface area contributed by atoms with Crippen molar-refractivity contribution in [3.05, 3.63) is 77.6 Å². The van der Waals surface area contributed by atoms with Crippen molar-refractivity contribution in [2.24, 2.45) is 0 Å². The minimum absolute atomic E-state index is 0.200. The van der Waals surface area contributed by atoms with E-state index in [-0.39, 0.29) is 17.6 Å². The molecule has 0 saturated carbocycles. The molecule has 2 rings (SSSR count). The molecule has 27 heavy (non-hydrogen) atoms. The van der Waals surface area contributed by atoms with Gasteiger partial charge in [-0.3, -0.25) is 4.79 Å². The fourth-order valence-electron chi connectivity index (χ4n) is 2.63. The first-order valence-corrected chi connectivity index (χ1v) is 8.96. The Morgan fingerprint density at radius 3 is 2.56 bits per heavy atom. The van der Waals surface area contributed by atoms with E-state index in [4.69, 9.17) is 4.74 Å². The van der Waals surface area contributed by atoms with E-state index in [9.17, 15) is 14.0 Å². The van der Waals surface area contributed by atoms with Gasteiger partial charge < -0.3 is 10.1 Å². The molecule has 0 aromatic heterocycles. The minimum atomic E-state index is -0.914. The second-order valence-corrected chi connectivity index (χ2v) is 6.23. The highest BCUT2D eigenvalue weighted by Crippen LogP contribution is 2.18. The number of hydrogen-bond donors (Lipinski definition) is 1. The van der Waals surface area contributed by atoms with Gasteiger partial charge in [-0.15, -0.1) is 0 Å². The Bertz CT molecular complexity index is 789. The Balaban J connectivity index is 1.83. The Morgan fingerprint density at radius 2 is 1.89 bits per heavy atom. The number of hydrogen-bond acceptors (Lipinski definition) is 3. The first-order chi connectivity index (χ1) is 13.0. The maximum absolute atomic E-state index is 13.1. The van der Waals surface area contributed by atoms with Gasteiger partial charge in [-0.25, -0.2) is 9.18 Å². The van der Waals surface area contributed by atoms with Crippen LogP contribution in [0.2, 0.25) is 0 Å². The number of carbonyl (C=O) groups is 2. The van der Waals surface area contributed by atoms with Crippen LogP contribution in [0.5, 0.6) is 0 Å². The Labute approximate surface area is 159 Å². The van der Waals surface area contributed by atoms with Gasteiger partial charge in [0.1, 0.15) is 5.82 Å². The van der Waals surface area contributed by atoms with Gasteiger partial charge in [0, 0.05) is 18.5 Å². The third kappa shape index (κ3) is 6.70. The number of ether oxygens (including phenoxy) is 1. The van der Waals surface area contributed by atoms with Crippen LogP contribution in [0.1, 0.15) is 37.3 Å². The molecule has 1 amide bonds. The van der Waals surface area contributed by atoms with Crippen molar-refractivity contribution in [3.63, 3.8) is 0 Å². The quantitative estimate of drug-likeness (QED) is 0.563. The number of amides is 1. The molecule has 2 aromatic rings. The van der Waals surface area contributed by atoms with Gasteiger partial charge >= 0.3 is 5.97 Å². The van der Waals surface area contributed by atoms with Crippen LogP contribution in [0.4, 0.5) is 4.39 Å². The van der Waals surface area contributed by atoms with Crippen molar-refractivity contribution in [2.75, 3.05) is 6.54 Å². The molecule has 142 valence electrons. The van der Waals surface area contributed by atoms with Crippen LogP contribution in [0, 0.1) is 5.82 Å². The topological polar surface area (TPSA) is 55.4 Å². The first kappa shape index (κ1) is 20.4. The van der Waals surface area contributed by atoms with E-state index >= 15 is 0 Å². The predicted molar refractivity (Wildman–Crippen MR) is 103 cm³/mol. The molecule has 2 aromatic carbocycles.